The average Bonchev–Trinajstić information content (AvgIpc) is 3.43. The number of carboxylic acids is 1. The number of nitrogens with zero attached hydrogens (tertiary/aromatic N) is 3. The predicted molar refractivity (Wildman–Crippen MR) is 143 cm³/mol. The molecule has 5 aromatic rings. The van der Waals surface area contributed by atoms with Crippen LogP contribution in [0.1, 0.15) is 59.5 Å². The van der Waals surface area contributed by atoms with Gasteiger partial charge in [0.05, 0.1) is 23.3 Å². The van der Waals surface area contributed by atoms with Gasteiger partial charge < -0.3 is 19.4 Å². The van der Waals surface area contributed by atoms with E-state index in [0.717, 1.165) is 68.9 Å². The van der Waals surface area contributed by atoms with Gasteiger partial charge in [-0.2, -0.15) is 0 Å². The smallest absolute Gasteiger partial charge is 0.335 e. The molecule has 3 aromatic heterocycles. The molecule has 2 N–H and O–H groups in total. The van der Waals surface area contributed by atoms with E-state index in [9.17, 15) is 9.90 Å². The van der Waals surface area contributed by atoms with Gasteiger partial charge in [0.15, 0.2) is 11.6 Å². The number of imidazole rings is 1. The Hall–Kier alpha value is -4.13. The van der Waals surface area contributed by atoms with E-state index in [2.05, 4.69) is 20.6 Å². The minimum atomic E-state index is -0.904. The number of hydrogen-bond donors (Lipinski definition) is 2. The lowest BCUT2D eigenvalue weighted by atomic mass is 9.81. The number of fused-ring (bicyclic) bond motifs is 7. The number of carboxylic acid groups (broad SMARTS) is 1. The van der Waals surface area contributed by atoms with E-state index in [1.54, 1.807) is 12.3 Å². The van der Waals surface area contributed by atoms with Crippen LogP contribution in [0.4, 0.5) is 0 Å². The number of rotatable bonds is 3. The van der Waals surface area contributed by atoms with Crippen molar-refractivity contribution in [1.29, 1.82) is 0 Å². The Morgan fingerprint density at radius 3 is 2.78 bits per heavy atom. The molecular formula is C30H28N4O3. The summed E-state index contributed by atoms with van der Waals surface area (Å²) < 4.78 is 8.70. The van der Waals surface area contributed by atoms with Gasteiger partial charge in [-0.05, 0) is 73.2 Å². The van der Waals surface area contributed by atoms with E-state index in [4.69, 9.17) is 9.72 Å². The zero-order valence-electron chi connectivity index (χ0n) is 20.8. The molecule has 0 unspecified atom stereocenters. The van der Waals surface area contributed by atoms with Crippen LogP contribution in [0.5, 0.6) is 5.75 Å². The summed E-state index contributed by atoms with van der Waals surface area (Å²) in [6, 6.07) is 13.8. The van der Waals surface area contributed by atoms with Crippen molar-refractivity contribution in [3.63, 3.8) is 0 Å². The van der Waals surface area contributed by atoms with Crippen molar-refractivity contribution in [2.24, 2.45) is 0 Å². The molecule has 186 valence electrons. The summed E-state index contributed by atoms with van der Waals surface area (Å²) in [5, 5.41) is 10.9. The van der Waals surface area contributed by atoms with E-state index in [1.165, 1.54) is 24.8 Å². The zero-order valence-corrected chi connectivity index (χ0v) is 20.8. The predicted octanol–water partition coefficient (Wildman–Crippen LogP) is 6.69. The standard InChI is InChI=1S/C30H28N4O3/c1-17-11-12-31-23(15-17)29-32-22-10-9-21-27-25(18-5-3-2-4-6-18)20-8-7-19(30(35)36)16-24(20)34(27)13-14-37-28(21)26(22)33-29/h7-12,15-16,18H,2-6,13-14H2,1H3,(H,32,33)(H,35,36). The SMILES string of the molecule is Cc1ccnc(-c2nc3ccc4c(c3[nH]2)OCCn2c-4c(C3CCCCC3)c3ccc(C(=O)O)cc32)c1. The highest BCUT2D eigenvalue weighted by Gasteiger charge is 2.30. The summed E-state index contributed by atoms with van der Waals surface area (Å²) in [6.07, 6.45) is 7.82. The average molecular weight is 493 g/mol. The first kappa shape index (κ1) is 22.1. The van der Waals surface area contributed by atoms with Gasteiger partial charge in [-0.1, -0.05) is 25.3 Å². The molecule has 7 nitrogen and oxygen atoms in total. The Kier molecular flexibility index (Phi) is 5.06. The van der Waals surface area contributed by atoms with Crippen LogP contribution in [-0.2, 0) is 6.54 Å². The second-order valence-electron chi connectivity index (χ2n) is 10.3. The van der Waals surface area contributed by atoms with E-state index in [0.29, 0.717) is 24.6 Å². The van der Waals surface area contributed by atoms with Crippen LogP contribution < -0.4 is 4.74 Å². The van der Waals surface area contributed by atoms with Crippen molar-refractivity contribution in [3.8, 4) is 28.5 Å². The molecule has 1 aliphatic carbocycles. The number of carbonyl (C=O) groups is 1. The second-order valence-corrected chi connectivity index (χ2v) is 10.3. The third kappa shape index (κ3) is 3.52. The molecule has 2 aromatic carbocycles. The Balaban J connectivity index is 1.49. The van der Waals surface area contributed by atoms with Gasteiger partial charge in [0, 0.05) is 22.7 Å². The maximum absolute atomic E-state index is 11.8. The second kappa shape index (κ2) is 8.47. The van der Waals surface area contributed by atoms with Gasteiger partial charge in [-0.25, -0.2) is 9.78 Å². The molecule has 0 spiro atoms. The summed E-state index contributed by atoms with van der Waals surface area (Å²) in [7, 11) is 0. The van der Waals surface area contributed by atoms with E-state index in [-0.39, 0.29) is 0 Å². The minimum absolute atomic E-state index is 0.313. The number of pyridine rings is 1. The van der Waals surface area contributed by atoms with Crippen LogP contribution in [-0.4, -0.2) is 37.2 Å². The minimum Gasteiger partial charge on any atom is -0.489 e. The van der Waals surface area contributed by atoms with Crippen LogP contribution in [0.15, 0.2) is 48.7 Å². The monoisotopic (exact) mass is 492 g/mol. The number of ether oxygens (including phenoxy) is 1. The highest BCUT2D eigenvalue weighted by Crippen LogP contribution is 2.48. The maximum Gasteiger partial charge on any atom is 0.335 e. The van der Waals surface area contributed by atoms with Gasteiger partial charge in [-0.15, -0.1) is 0 Å². The Labute approximate surface area is 214 Å². The summed E-state index contributed by atoms with van der Waals surface area (Å²) in [6.45, 7) is 3.18. The number of nitrogens with one attached hydrogen (secondary N) is 1. The molecule has 0 atom stereocenters. The van der Waals surface area contributed by atoms with E-state index in [1.807, 2.05) is 37.3 Å². The highest BCUT2D eigenvalue weighted by atomic mass is 16.5. The van der Waals surface area contributed by atoms with E-state index >= 15 is 0 Å². The quantitative estimate of drug-likeness (QED) is 0.293. The number of aryl methyl sites for hydroxylation is 1. The number of aromatic carboxylic acids is 1. The molecule has 2 aliphatic rings. The highest BCUT2D eigenvalue weighted by molar-refractivity contribution is 6.01. The lowest BCUT2D eigenvalue weighted by Gasteiger charge is -2.23. The van der Waals surface area contributed by atoms with Crippen molar-refractivity contribution >= 4 is 27.9 Å². The van der Waals surface area contributed by atoms with Gasteiger partial charge in [0.2, 0.25) is 0 Å². The normalized spacial score (nSPS) is 15.8. The molecule has 7 heteroatoms. The first-order valence-electron chi connectivity index (χ1n) is 13.1. The van der Waals surface area contributed by atoms with Crippen molar-refractivity contribution in [1.82, 2.24) is 19.5 Å². The van der Waals surface area contributed by atoms with Gasteiger partial charge in [-0.3, -0.25) is 4.98 Å². The molecular weight excluding hydrogens is 464 g/mol. The summed E-state index contributed by atoms with van der Waals surface area (Å²) in [4.78, 5) is 24.7. The summed E-state index contributed by atoms with van der Waals surface area (Å²) in [5.74, 6) is 1.07. The molecule has 0 bridgehead atoms. The topological polar surface area (TPSA) is 93.0 Å². The number of aromatic nitrogens is 4. The first-order valence-corrected chi connectivity index (χ1v) is 13.1. The zero-order chi connectivity index (χ0) is 25.1. The van der Waals surface area contributed by atoms with Crippen molar-refractivity contribution < 1.29 is 14.6 Å². The summed E-state index contributed by atoms with van der Waals surface area (Å²) >= 11 is 0. The summed E-state index contributed by atoms with van der Waals surface area (Å²) in [5.41, 5.74) is 8.45. The third-order valence-corrected chi connectivity index (χ3v) is 7.95. The fraction of sp³-hybridized carbons (Fsp3) is 0.300. The molecule has 1 fully saturated rings. The van der Waals surface area contributed by atoms with Crippen molar-refractivity contribution in [3.05, 3.63) is 65.4 Å². The molecule has 0 radical (unpaired) electrons. The van der Waals surface area contributed by atoms with E-state index < -0.39 is 5.97 Å². The van der Waals surface area contributed by atoms with Crippen molar-refractivity contribution in [2.45, 2.75) is 51.5 Å². The molecule has 1 aliphatic heterocycles. The fourth-order valence-corrected chi connectivity index (χ4v) is 6.25. The van der Waals surface area contributed by atoms with Crippen LogP contribution in [0, 0.1) is 6.92 Å². The lowest BCUT2D eigenvalue weighted by Crippen LogP contribution is -2.07. The first-order chi connectivity index (χ1) is 18.1. The number of H-pyrrole nitrogens is 1. The Morgan fingerprint density at radius 1 is 1.11 bits per heavy atom. The number of aromatic amines is 1. The Morgan fingerprint density at radius 2 is 1.97 bits per heavy atom. The third-order valence-electron chi connectivity index (χ3n) is 7.95. The van der Waals surface area contributed by atoms with Crippen LogP contribution in [0.2, 0.25) is 0 Å². The van der Waals surface area contributed by atoms with Crippen LogP contribution in [0.25, 0.3) is 44.7 Å². The molecule has 0 amide bonds. The number of hydrogen-bond acceptors (Lipinski definition) is 4. The van der Waals surface area contributed by atoms with Gasteiger partial charge in [0.1, 0.15) is 17.8 Å². The van der Waals surface area contributed by atoms with Crippen LogP contribution >= 0.6 is 0 Å². The fourth-order valence-electron chi connectivity index (χ4n) is 6.25. The Bertz CT molecular complexity index is 1690. The molecule has 37 heavy (non-hydrogen) atoms. The van der Waals surface area contributed by atoms with Crippen LogP contribution in [0.3, 0.4) is 0 Å². The molecule has 4 heterocycles. The lowest BCUT2D eigenvalue weighted by molar-refractivity contribution is 0.0697. The number of benzene rings is 2. The largest absolute Gasteiger partial charge is 0.489 e. The van der Waals surface area contributed by atoms with Gasteiger partial charge >= 0.3 is 5.97 Å². The molecule has 0 saturated heterocycles. The van der Waals surface area contributed by atoms with Crippen molar-refractivity contribution in [2.75, 3.05) is 6.61 Å². The molecule has 1 saturated carbocycles. The maximum atomic E-state index is 11.8. The molecule has 7 rings (SSSR count). The van der Waals surface area contributed by atoms with Gasteiger partial charge in [0.25, 0.3) is 0 Å².